The van der Waals surface area contributed by atoms with Crippen LogP contribution < -0.4 is 4.74 Å². The predicted octanol–water partition coefficient (Wildman–Crippen LogP) is 5.16. The van der Waals surface area contributed by atoms with Gasteiger partial charge in [0.1, 0.15) is 17.1 Å². The van der Waals surface area contributed by atoms with E-state index in [1.807, 2.05) is 38.1 Å². The third-order valence-corrected chi connectivity index (χ3v) is 4.67. The molecule has 0 aromatic heterocycles. The highest BCUT2D eigenvalue weighted by molar-refractivity contribution is 6.11. The number of aromatic hydroxyl groups is 1. The molecule has 0 fully saturated rings. The van der Waals surface area contributed by atoms with Crippen molar-refractivity contribution in [3.63, 3.8) is 0 Å². The van der Waals surface area contributed by atoms with E-state index in [0.717, 1.165) is 5.56 Å². The summed E-state index contributed by atoms with van der Waals surface area (Å²) in [6.07, 6.45) is 3.34. The monoisotopic (exact) mass is 364 g/mol. The summed E-state index contributed by atoms with van der Waals surface area (Å²) in [5.41, 5.74) is 1.94. The summed E-state index contributed by atoms with van der Waals surface area (Å²) in [5, 5.41) is 10.2. The van der Waals surface area contributed by atoms with Crippen LogP contribution in [0.4, 0.5) is 0 Å². The minimum atomic E-state index is -0.621. The molecule has 0 saturated heterocycles. The molecule has 0 spiro atoms. The highest BCUT2D eigenvalue weighted by Crippen LogP contribution is 2.37. The van der Waals surface area contributed by atoms with Crippen molar-refractivity contribution in [2.45, 2.75) is 45.6 Å². The van der Waals surface area contributed by atoms with Gasteiger partial charge in [-0.05, 0) is 43.0 Å². The number of allylic oxidation sites excluding steroid dienone is 1. The SMILES string of the molecule is CC(C)c1ccc(/C=C/C(=O)c2cc3c(cc2O)OC(C)(C)CC3=O)cc1. The molecule has 0 unspecified atom stereocenters. The van der Waals surface area contributed by atoms with Gasteiger partial charge in [-0.3, -0.25) is 9.59 Å². The lowest BCUT2D eigenvalue weighted by Crippen LogP contribution is -2.36. The Kier molecular flexibility index (Phi) is 4.92. The third-order valence-electron chi connectivity index (χ3n) is 4.67. The van der Waals surface area contributed by atoms with E-state index in [2.05, 4.69) is 13.8 Å². The van der Waals surface area contributed by atoms with E-state index in [4.69, 9.17) is 4.74 Å². The largest absolute Gasteiger partial charge is 0.507 e. The van der Waals surface area contributed by atoms with Gasteiger partial charge in [0.15, 0.2) is 11.6 Å². The molecule has 27 heavy (non-hydrogen) atoms. The van der Waals surface area contributed by atoms with Gasteiger partial charge < -0.3 is 9.84 Å². The molecule has 0 aliphatic carbocycles. The van der Waals surface area contributed by atoms with Crippen molar-refractivity contribution in [1.82, 2.24) is 0 Å². The van der Waals surface area contributed by atoms with Crippen LogP contribution in [0.15, 0.2) is 42.5 Å². The molecule has 1 aliphatic heterocycles. The standard InChI is InChI=1S/C23H24O4/c1-14(2)16-8-5-15(6-9-16)7-10-19(24)17-11-18-21(26)13-23(3,4)27-22(18)12-20(17)25/h5-12,14,25H,13H2,1-4H3/b10-7+. The number of hydrogen-bond donors (Lipinski definition) is 1. The van der Waals surface area contributed by atoms with Gasteiger partial charge in [0.25, 0.3) is 0 Å². The number of benzene rings is 2. The van der Waals surface area contributed by atoms with E-state index in [9.17, 15) is 14.7 Å². The molecule has 0 saturated carbocycles. The summed E-state index contributed by atoms with van der Waals surface area (Å²) in [4.78, 5) is 24.9. The molecule has 0 bridgehead atoms. The zero-order valence-corrected chi connectivity index (χ0v) is 16.1. The van der Waals surface area contributed by atoms with Gasteiger partial charge in [-0.1, -0.05) is 44.2 Å². The van der Waals surface area contributed by atoms with Crippen LogP contribution >= 0.6 is 0 Å². The second kappa shape index (κ2) is 7.03. The molecule has 3 rings (SSSR count). The third kappa shape index (κ3) is 4.11. The first-order valence-corrected chi connectivity index (χ1v) is 9.08. The Balaban J connectivity index is 1.85. The summed E-state index contributed by atoms with van der Waals surface area (Å²) in [5.74, 6) is 0.119. The van der Waals surface area contributed by atoms with Crippen molar-refractivity contribution in [2.75, 3.05) is 0 Å². The van der Waals surface area contributed by atoms with E-state index in [1.165, 1.54) is 23.8 Å². The lowest BCUT2D eigenvalue weighted by molar-refractivity contribution is 0.0619. The summed E-state index contributed by atoms with van der Waals surface area (Å²) >= 11 is 0. The normalized spacial score (nSPS) is 15.7. The van der Waals surface area contributed by atoms with Crippen LogP contribution in [-0.4, -0.2) is 22.3 Å². The van der Waals surface area contributed by atoms with Crippen LogP contribution in [0.1, 0.15) is 71.9 Å². The van der Waals surface area contributed by atoms with E-state index >= 15 is 0 Å². The smallest absolute Gasteiger partial charge is 0.189 e. The lowest BCUT2D eigenvalue weighted by atomic mass is 9.91. The van der Waals surface area contributed by atoms with Crippen LogP contribution in [0.5, 0.6) is 11.5 Å². The minimum absolute atomic E-state index is 0.0939. The van der Waals surface area contributed by atoms with E-state index in [1.54, 1.807) is 6.08 Å². The minimum Gasteiger partial charge on any atom is -0.507 e. The Labute approximate surface area is 159 Å². The molecule has 0 amide bonds. The average Bonchev–Trinajstić information content (AvgIpc) is 2.58. The molecule has 140 valence electrons. The molecule has 4 heteroatoms. The van der Waals surface area contributed by atoms with Gasteiger partial charge in [0.2, 0.25) is 0 Å². The highest BCUT2D eigenvalue weighted by atomic mass is 16.5. The second-order valence-corrected chi connectivity index (χ2v) is 7.85. The number of Topliss-reactive ketones (excluding diaryl/α,β-unsaturated/α-hetero) is 1. The molecule has 0 radical (unpaired) electrons. The molecule has 1 heterocycles. The van der Waals surface area contributed by atoms with Gasteiger partial charge in [0, 0.05) is 6.07 Å². The Morgan fingerprint density at radius 2 is 1.85 bits per heavy atom. The molecule has 1 N–H and O–H groups in total. The second-order valence-electron chi connectivity index (χ2n) is 7.85. The van der Waals surface area contributed by atoms with E-state index in [0.29, 0.717) is 17.2 Å². The van der Waals surface area contributed by atoms with Gasteiger partial charge in [-0.25, -0.2) is 0 Å². The fraction of sp³-hybridized carbons (Fsp3) is 0.304. The Bertz CT molecular complexity index is 918. The van der Waals surface area contributed by atoms with Gasteiger partial charge in [-0.2, -0.15) is 0 Å². The fourth-order valence-electron chi connectivity index (χ4n) is 3.14. The van der Waals surface area contributed by atoms with Crippen LogP contribution in [0.2, 0.25) is 0 Å². The first-order chi connectivity index (χ1) is 12.7. The molecule has 2 aromatic carbocycles. The molecular formula is C23H24O4. The molecular weight excluding hydrogens is 340 g/mol. The van der Waals surface area contributed by atoms with Crippen molar-refractivity contribution < 1.29 is 19.4 Å². The van der Waals surface area contributed by atoms with Crippen LogP contribution in [0, 0.1) is 0 Å². The average molecular weight is 364 g/mol. The first kappa shape index (κ1) is 18.9. The maximum atomic E-state index is 12.5. The number of carbonyl (C=O) groups excluding carboxylic acids is 2. The van der Waals surface area contributed by atoms with Crippen molar-refractivity contribution in [3.05, 3.63) is 64.7 Å². The zero-order valence-electron chi connectivity index (χ0n) is 16.1. The van der Waals surface area contributed by atoms with E-state index < -0.39 is 5.60 Å². The number of phenolic OH excluding ortho intramolecular Hbond substituents is 1. The summed E-state index contributed by atoms with van der Waals surface area (Å²) in [7, 11) is 0. The van der Waals surface area contributed by atoms with Gasteiger partial charge in [0.05, 0.1) is 17.5 Å². The number of fused-ring (bicyclic) bond motifs is 1. The van der Waals surface area contributed by atoms with E-state index in [-0.39, 0.29) is 29.3 Å². The predicted molar refractivity (Wildman–Crippen MR) is 106 cm³/mol. The maximum absolute atomic E-state index is 12.5. The van der Waals surface area contributed by atoms with Gasteiger partial charge in [-0.15, -0.1) is 0 Å². The number of ether oxygens (including phenoxy) is 1. The van der Waals surface area contributed by atoms with Crippen molar-refractivity contribution in [3.8, 4) is 11.5 Å². The molecule has 2 aromatic rings. The van der Waals surface area contributed by atoms with Gasteiger partial charge >= 0.3 is 0 Å². The quantitative estimate of drug-likeness (QED) is 0.601. The number of phenols is 1. The van der Waals surface area contributed by atoms with Crippen molar-refractivity contribution in [2.24, 2.45) is 0 Å². The Morgan fingerprint density at radius 3 is 2.48 bits per heavy atom. The molecule has 1 aliphatic rings. The zero-order chi connectivity index (χ0) is 19.8. The summed E-state index contributed by atoms with van der Waals surface area (Å²) in [6, 6.07) is 10.7. The lowest BCUT2D eigenvalue weighted by Gasteiger charge is -2.31. The number of rotatable bonds is 4. The first-order valence-electron chi connectivity index (χ1n) is 9.08. The summed E-state index contributed by atoms with van der Waals surface area (Å²) < 4.78 is 5.75. The highest BCUT2D eigenvalue weighted by Gasteiger charge is 2.33. The van der Waals surface area contributed by atoms with Crippen molar-refractivity contribution >= 4 is 17.6 Å². The number of hydrogen-bond acceptors (Lipinski definition) is 4. The number of ketones is 2. The summed E-state index contributed by atoms with van der Waals surface area (Å²) in [6.45, 7) is 7.88. The Morgan fingerprint density at radius 1 is 1.19 bits per heavy atom. The number of carbonyl (C=O) groups is 2. The van der Waals surface area contributed by atoms with Crippen LogP contribution in [-0.2, 0) is 0 Å². The van der Waals surface area contributed by atoms with Crippen LogP contribution in [0.3, 0.4) is 0 Å². The topological polar surface area (TPSA) is 63.6 Å². The Hall–Kier alpha value is -2.88. The molecule has 0 atom stereocenters. The van der Waals surface area contributed by atoms with Crippen molar-refractivity contribution in [1.29, 1.82) is 0 Å². The maximum Gasteiger partial charge on any atom is 0.189 e. The molecule has 4 nitrogen and oxygen atoms in total. The fourth-order valence-corrected chi connectivity index (χ4v) is 3.14. The van der Waals surface area contributed by atoms with Crippen LogP contribution in [0.25, 0.3) is 6.08 Å².